The van der Waals surface area contributed by atoms with E-state index >= 15 is 0 Å². The minimum Gasteiger partial charge on any atom is -0.463 e. The quantitative estimate of drug-likeness (QED) is 0.226. The third-order valence-electron chi connectivity index (χ3n) is 14.5. The molecule has 8 fully saturated rings. The number of rotatable bonds is 8. The van der Waals surface area contributed by atoms with Crippen LogP contribution in [0.1, 0.15) is 79.6 Å². The van der Waals surface area contributed by atoms with Crippen molar-refractivity contribution < 1.29 is 43.6 Å². The zero-order valence-corrected chi connectivity index (χ0v) is 28.1. The number of carbonyl (C=O) groups is 4. The van der Waals surface area contributed by atoms with E-state index in [-0.39, 0.29) is 121 Å². The summed E-state index contributed by atoms with van der Waals surface area (Å²) in [6, 6.07) is 0. The highest BCUT2D eigenvalue weighted by Gasteiger charge is 2.69. The number of esters is 4. The van der Waals surface area contributed by atoms with Crippen LogP contribution in [0.4, 0.5) is 0 Å². The van der Waals surface area contributed by atoms with Crippen molar-refractivity contribution in [3.63, 3.8) is 0 Å². The molecule has 0 aromatic carbocycles. The summed E-state index contributed by atoms with van der Waals surface area (Å²) in [5.41, 5.74) is -0.596. The van der Waals surface area contributed by atoms with Gasteiger partial charge < -0.3 is 24.4 Å². The lowest BCUT2D eigenvalue weighted by atomic mass is 9.48. The van der Waals surface area contributed by atoms with E-state index in [0.717, 1.165) is 38.5 Å². The molecule has 46 heavy (non-hydrogen) atoms. The maximum Gasteiger partial charge on any atom is 0.317 e. The van der Waals surface area contributed by atoms with Gasteiger partial charge in [0.15, 0.2) is 0 Å². The Hall–Kier alpha value is -2.00. The van der Waals surface area contributed by atoms with E-state index in [2.05, 4.69) is 13.8 Å². The largest absolute Gasteiger partial charge is 0.463 e. The van der Waals surface area contributed by atoms with Crippen LogP contribution in [-0.4, -0.2) is 59.5 Å². The van der Waals surface area contributed by atoms with E-state index in [1.165, 1.54) is 0 Å². The summed E-state index contributed by atoms with van der Waals surface area (Å²) >= 11 is 0. The van der Waals surface area contributed by atoms with Gasteiger partial charge in [0.2, 0.25) is 0 Å². The highest BCUT2D eigenvalue weighted by Crippen LogP contribution is 2.69. The topological polar surface area (TPSA) is 136 Å². The Balaban J connectivity index is 1.24. The Labute approximate surface area is 272 Å². The highest BCUT2D eigenvalue weighted by molar-refractivity contribution is 5.97. The maximum absolute atomic E-state index is 13.9. The second kappa shape index (κ2) is 11.9. The summed E-state index contributed by atoms with van der Waals surface area (Å²) < 4.78 is 17.0. The number of fused-ring (bicyclic) bond motifs is 7. The Bertz CT molecular complexity index is 1240. The minimum atomic E-state index is -0.596. The van der Waals surface area contributed by atoms with E-state index in [9.17, 15) is 29.4 Å². The van der Waals surface area contributed by atoms with E-state index in [0.29, 0.717) is 18.3 Å². The summed E-state index contributed by atoms with van der Waals surface area (Å²) in [6.07, 6.45) is 6.17. The molecule has 17 unspecified atom stereocenters. The van der Waals surface area contributed by atoms with Gasteiger partial charge in [-0.25, -0.2) is 0 Å². The molecule has 7 aliphatic carbocycles. The molecule has 8 rings (SSSR count). The molecule has 0 aromatic rings. The Morgan fingerprint density at radius 1 is 0.739 bits per heavy atom. The van der Waals surface area contributed by atoms with Gasteiger partial charge in [-0.1, -0.05) is 13.8 Å². The third-order valence-corrected chi connectivity index (χ3v) is 14.5. The lowest BCUT2D eigenvalue weighted by Gasteiger charge is -2.56. The molecule has 9 nitrogen and oxygen atoms in total. The first-order valence-corrected chi connectivity index (χ1v) is 18.2. The van der Waals surface area contributed by atoms with Crippen LogP contribution in [-0.2, 0) is 33.4 Å². The van der Waals surface area contributed by atoms with Crippen molar-refractivity contribution in [2.75, 3.05) is 19.8 Å². The first kappa shape index (κ1) is 32.5. The third kappa shape index (κ3) is 5.07. The van der Waals surface area contributed by atoms with Crippen LogP contribution in [0.3, 0.4) is 0 Å². The van der Waals surface area contributed by atoms with Gasteiger partial charge in [0.05, 0.1) is 30.3 Å². The molecule has 6 bridgehead atoms. The smallest absolute Gasteiger partial charge is 0.317 e. The zero-order valence-electron chi connectivity index (χ0n) is 28.1. The monoisotopic (exact) mass is 642 g/mol. The fraction of sp³-hybridized carbons (Fsp3) is 0.892. The van der Waals surface area contributed by atoms with Crippen molar-refractivity contribution in [2.24, 2.45) is 101 Å². The maximum atomic E-state index is 13.9. The summed E-state index contributed by atoms with van der Waals surface area (Å²) in [5.74, 6) is -0.479. The molecule has 0 amide bonds. The summed E-state index contributed by atoms with van der Waals surface area (Å²) in [6.45, 7) is 10.1. The molecule has 1 saturated heterocycles. The zero-order chi connectivity index (χ0) is 32.8. The Morgan fingerprint density at radius 3 is 2.02 bits per heavy atom. The van der Waals surface area contributed by atoms with E-state index in [1.54, 1.807) is 0 Å². The number of hydrogen-bond acceptors (Lipinski definition) is 9. The van der Waals surface area contributed by atoms with Gasteiger partial charge >= 0.3 is 23.9 Å². The van der Waals surface area contributed by atoms with Gasteiger partial charge in [-0.3, -0.25) is 19.2 Å². The van der Waals surface area contributed by atoms with Gasteiger partial charge in [0, 0.05) is 6.61 Å². The molecule has 9 heteroatoms. The molecule has 0 radical (unpaired) electrons. The molecular formula is C37H54O9. The minimum absolute atomic E-state index is 0.00827. The number of carbonyl (C=O) groups excluding carboxylic acids is 4. The molecular weight excluding hydrogens is 588 g/mol. The number of cyclic esters (lactones) is 2. The van der Waals surface area contributed by atoms with Crippen LogP contribution in [0.25, 0.3) is 0 Å². The number of aliphatic hydroxyl groups is 2. The molecule has 17 atom stereocenters. The van der Waals surface area contributed by atoms with Crippen LogP contribution < -0.4 is 0 Å². The van der Waals surface area contributed by atoms with Gasteiger partial charge in [0.25, 0.3) is 0 Å². The van der Waals surface area contributed by atoms with Gasteiger partial charge in [0.1, 0.15) is 12.2 Å². The molecule has 0 aromatic heterocycles. The second-order valence-electron chi connectivity index (χ2n) is 17.4. The first-order valence-electron chi connectivity index (χ1n) is 18.2. The van der Waals surface area contributed by atoms with Gasteiger partial charge in [-0.15, -0.1) is 0 Å². The molecule has 256 valence electrons. The van der Waals surface area contributed by atoms with Crippen LogP contribution in [0.2, 0.25) is 0 Å². The number of aliphatic hydroxyl groups excluding tert-OH is 2. The number of hydrogen-bond donors (Lipinski definition) is 2. The average molecular weight is 643 g/mol. The predicted octanol–water partition coefficient (Wildman–Crippen LogP) is 4.27. The standard InChI is InChI=1S/C37H54O9/c1-16-19-10-21(15-39)23(12-19)28(16)31-32(36(43)45-35(31)42)29-20-13-24(26(14-20)34(41)46-37(3,4)5)30(29)27-17(2)22-7-6-18(27)11-25(22)33(40)44-9-8-38/h16-32,38-39H,6-15H2,1-5H3. The van der Waals surface area contributed by atoms with Crippen molar-refractivity contribution >= 4 is 23.9 Å². The van der Waals surface area contributed by atoms with Crippen molar-refractivity contribution in [1.29, 1.82) is 0 Å². The second-order valence-corrected chi connectivity index (χ2v) is 17.4. The van der Waals surface area contributed by atoms with E-state index in [1.807, 2.05) is 20.8 Å². The van der Waals surface area contributed by atoms with Crippen LogP contribution in [0.5, 0.6) is 0 Å². The summed E-state index contributed by atoms with van der Waals surface area (Å²) in [4.78, 5) is 54.5. The van der Waals surface area contributed by atoms with Crippen molar-refractivity contribution in [3.05, 3.63) is 0 Å². The number of ether oxygens (including phenoxy) is 3. The van der Waals surface area contributed by atoms with Gasteiger partial charge in [-0.2, -0.15) is 0 Å². The fourth-order valence-electron chi connectivity index (χ4n) is 13.2. The van der Waals surface area contributed by atoms with Gasteiger partial charge in [-0.05, 0) is 143 Å². The first-order chi connectivity index (χ1) is 21.8. The molecule has 1 heterocycles. The normalized spacial score (nSPS) is 49.1. The van der Waals surface area contributed by atoms with Crippen molar-refractivity contribution in [2.45, 2.75) is 85.2 Å². The van der Waals surface area contributed by atoms with E-state index < -0.39 is 17.4 Å². The van der Waals surface area contributed by atoms with Crippen LogP contribution in [0, 0.1) is 101 Å². The molecule has 7 saturated carbocycles. The lowest BCUT2D eigenvalue weighted by molar-refractivity contribution is -0.170. The lowest BCUT2D eigenvalue weighted by Crippen LogP contribution is -2.54. The molecule has 2 N–H and O–H groups in total. The van der Waals surface area contributed by atoms with Crippen molar-refractivity contribution in [3.8, 4) is 0 Å². The summed E-state index contributed by atoms with van der Waals surface area (Å²) in [7, 11) is 0. The van der Waals surface area contributed by atoms with Crippen LogP contribution >= 0.6 is 0 Å². The van der Waals surface area contributed by atoms with Crippen LogP contribution in [0.15, 0.2) is 0 Å². The predicted molar refractivity (Wildman–Crippen MR) is 165 cm³/mol. The summed E-state index contributed by atoms with van der Waals surface area (Å²) in [5, 5.41) is 19.5. The Morgan fingerprint density at radius 2 is 1.39 bits per heavy atom. The molecule has 0 spiro atoms. The fourth-order valence-corrected chi connectivity index (χ4v) is 13.2. The van der Waals surface area contributed by atoms with Crippen molar-refractivity contribution in [1.82, 2.24) is 0 Å². The average Bonchev–Trinajstić information content (AvgIpc) is 3.81. The Kier molecular flexibility index (Phi) is 8.38. The SMILES string of the molecule is CC1C2CC(CO)C(C2)C1C1C(=O)OC(=O)C1C1C2CC(C(=O)OC(C)(C)C)C(C2)C1C1C2CCC(C(C(=O)OCCO)C2)C1C. The molecule has 8 aliphatic rings. The highest BCUT2D eigenvalue weighted by atomic mass is 16.6. The van der Waals surface area contributed by atoms with E-state index in [4.69, 9.17) is 14.2 Å². The molecule has 1 aliphatic heterocycles.